The minimum atomic E-state index is 0.0296. The molecule has 142 valence electrons. The number of benzene rings is 3. The molecule has 3 aromatic rings. The quantitative estimate of drug-likeness (QED) is 0.627. The fraction of sp³-hybridized carbons (Fsp3) is 0.125. The fourth-order valence-corrected chi connectivity index (χ4v) is 4.69. The summed E-state index contributed by atoms with van der Waals surface area (Å²) in [6, 6.07) is 23.4. The molecule has 29 heavy (non-hydrogen) atoms. The van der Waals surface area contributed by atoms with Crippen molar-refractivity contribution in [2.24, 2.45) is 4.99 Å². The monoisotopic (exact) mass is 397 g/mol. The number of amidine groups is 2. The molecule has 0 saturated heterocycles. The maximum Gasteiger partial charge on any atom is 0.193 e. The van der Waals surface area contributed by atoms with E-state index < -0.39 is 0 Å². The average Bonchev–Trinajstić information content (AvgIpc) is 2.79. The summed E-state index contributed by atoms with van der Waals surface area (Å²) in [4.78, 5) is 20.3. The Bertz CT molecular complexity index is 1140. The van der Waals surface area contributed by atoms with E-state index in [1.165, 1.54) is 11.8 Å². The van der Waals surface area contributed by atoms with Crippen LogP contribution in [0.1, 0.15) is 27.9 Å². The molecule has 0 aromatic heterocycles. The Balaban J connectivity index is 1.45. The van der Waals surface area contributed by atoms with Crippen LogP contribution >= 0.6 is 11.8 Å². The first-order valence-corrected chi connectivity index (χ1v) is 10.5. The van der Waals surface area contributed by atoms with Gasteiger partial charge in [0, 0.05) is 34.7 Å². The van der Waals surface area contributed by atoms with Gasteiger partial charge >= 0.3 is 0 Å². The van der Waals surface area contributed by atoms with E-state index in [0.717, 1.165) is 46.9 Å². The largest absolute Gasteiger partial charge is 0.305 e. The molecule has 0 radical (unpaired) electrons. The molecule has 5 rings (SSSR count). The van der Waals surface area contributed by atoms with E-state index in [1.807, 2.05) is 59.5 Å². The third-order valence-corrected chi connectivity index (χ3v) is 6.22. The molecular weight excluding hydrogens is 378 g/mol. The first-order chi connectivity index (χ1) is 14.2. The van der Waals surface area contributed by atoms with E-state index in [9.17, 15) is 4.79 Å². The average molecular weight is 398 g/mol. The number of fused-ring (bicyclic) bond motifs is 3. The first-order valence-electron chi connectivity index (χ1n) is 9.64. The molecule has 2 aliphatic heterocycles. The summed E-state index contributed by atoms with van der Waals surface area (Å²) in [5, 5.41) is 8.89. The summed E-state index contributed by atoms with van der Waals surface area (Å²) in [5.74, 6) is 0.951. The van der Waals surface area contributed by atoms with E-state index in [2.05, 4.69) is 23.2 Å². The molecule has 5 heteroatoms. The highest BCUT2D eigenvalue weighted by Crippen LogP contribution is 2.36. The van der Waals surface area contributed by atoms with Crippen LogP contribution in [0, 0.1) is 5.41 Å². The van der Waals surface area contributed by atoms with E-state index >= 15 is 0 Å². The van der Waals surface area contributed by atoms with Gasteiger partial charge in [0.2, 0.25) is 0 Å². The second-order valence-electron chi connectivity index (χ2n) is 7.10. The Morgan fingerprint density at radius 2 is 1.66 bits per heavy atom. The SMILES string of the molecule is N=C1Sc2cc(-c3ccc(C(=O)c4ccccc4)cc3)ccc2C2=NCCCN12. The number of thioether (sulfide) groups is 1. The molecule has 3 aromatic carbocycles. The first kappa shape index (κ1) is 17.9. The van der Waals surface area contributed by atoms with Gasteiger partial charge < -0.3 is 4.90 Å². The lowest BCUT2D eigenvalue weighted by Gasteiger charge is -2.34. The summed E-state index contributed by atoms with van der Waals surface area (Å²) < 4.78 is 0. The van der Waals surface area contributed by atoms with Crippen molar-refractivity contribution in [1.82, 2.24) is 4.90 Å². The Labute approximate surface area is 173 Å². The smallest absolute Gasteiger partial charge is 0.193 e. The second kappa shape index (κ2) is 7.33. The molecule has 0 unspecified atom stereocenters. The number of carbonyl (C=O) groups excluding carboxylic acids is 1. The Kier molecular flexibility index (Phi) is 4.52. The highest BCUT2D eigenvalue weighted by atomic mass is 32.2. The Morgan fingerprint density at radius 3 is 2.45 bits per heavy atom. The molecule has 2 heterocycles. The molecule has 0 saturated carbocycles. The highest BCUT2D eigenvalue weighted by molar-refractivity contribution is 8.14. The Morgan fingerprint density at radius 1 is 0.931 bits per heavy atom. The minimum absolute atomic E-state index is 0.0296. The van der Waals surface area contributed by atoms with E-state index in [4.69, 9.17) is 5.41 Å². The van der Waals surface area contributed by atoms with Gasteiger partial charge in [-0.15, -0.1) is 0 Å². The number of aliphatic imine (C=N–C) groups is 1. The highest BCUT2D eigenvalue weighted by Gasteiger charge is 2.29. The Hall–Kier alpha value is -3.18. The number of nitrogens with one attached hydrogen (secondary N) is 1. The van der Waals surface area contributed by atoms with Gasteiger partial charge in [-0.1, -0.05) is 72.4 Å². The third kappa shape index (κ3) is 3.28. The van der Waals surface area contributed by atoms with Crippen molar-refractivity contribution in [3.63, 3.8) is 0 Å². The summed E-state index contributed by atoms with van der Waals surface area (Å²) in [6.07, 6.45) is 0.994. The van der Waals surface area contributed by atoms with E-state index in [0.29, 0.717) is 16.3 Å². The van der Waals surface area contributed by atoms with Crippen LogP contribution in [0.3, 0.4) is 0 Å². The normalized spacial score (nSPS) is 15.4. The minimum Gasteiger partial charge on any atom is -0.305 e. The molecule has 2 aliphatic rings. The summed E-state index contributed by atoms with van der Waals surface area (Å²) >= 11 is 1.49. The van der Waals surface area contributed by atoms with Crippen LogP contribution in [0.4, 0.5) is 0 Å². The van der Waals surface area contributed by atoms with E-state index in [1.54, 1.807) is 0 Å². The standard InChI is InChI=1S/C24H19N3OS/c25-24-27-14-4-13-26-23(27)20-12-11-19(15-21(20)29-24)16-7-9-18(10-8-16)22(28)17-5-2-1-3-6-17/h1-3,5-12,15,25H,4,13-14H2. The van der Waals surface area contributed by atoms with Gasteiger partial charge in [0.25, 0.3) is 0 Å². The van der Waals surface area contributed by atoms with Gasteiger partial charge in [-0.25, -0.2) is 0 Å². The van der Waals surface area contributed by atoms with Crippen LogP contribution in [-0.4, -0.2) is 34.8 Å². The van der Waals surface area contributed by atoms with Crippen molar-refractivity contribution in [1.29, 1.82) is 5.41 Å². The molecule has 4 nitrogen and oxygen atoms in total. The number of carbonyl (C=O) groups is 1. The van der Waals surface area contributed by atoms with Gasteiger partial charge in [-0.2, -0.15) is 0 Å². The number of hydrogen-bond acceptors (Lipinski definition) is 4. The van der Waals surface area contributed by atoms with Crippen molar-refractivity contribution < 1.29 is 4.79 Å². The van der Waals surface area contributed by atoms with Crippen molar-refractivity contribution >= 4 is 28.5 Å². The van der Waals surface area contributed by atoms with Gasteiger partial charge in [-0.05, 0) is 29.7 Å². The summed E-state index contributed by atoms with van der Waals surface area (Å²) in [5.41, 5.74) is 4.61. The maximum atomic E-state index is 12.6. The van der Waals surface area contributed by atoms with Gasteiger partial charge in [0.1, 0.15) is 5.84 Å². The maximum absolute atomic E-state index is 12.6. The van der Waals surface area contributed by atoms with Gasteiger partial charge in [0.15, 0.2) is 11.0 Å². The van der Waals surface area contributed by atoms with Crippen LogP contribution in [0.15, 0.2) is 82.7 Å². The number of nitrogens with zero attached hydrogens (tertiary/aromatic N) is 2. The molecule has 0 bridgehead atoms. The predicted molar refractivity (Wildman–Crippen MR) is 118 cm³/mol. The number of rotatable bonds is 3. The van der Waals surface area contributed by atoms with Crippen molar-refractivity contribution in [2.45, 2.75) is 11.3 Å². The van der Waals surface area contributed by atoms with Crippen molar-refractivity contribution in [3.8, 4) is 11.1 Å². The van der Waals surface area contributed by atoms with Crippen LogP contribution in [-0.2, 0) is 0 Å². The summed E-state index contributed by atoms with van der Waals surface area (Å²) in [7, 11) is 0. The zero-order valence-corrected chi connectivity index (χ0v) is 16.6. The molecule has 1 N–H and O–H groups in total. The van der Waals surface area contributed by atoms with Gasteiger partial charge in [0.05, 0.1) is 0 Å². The number of hydrogen-bond donors (Lipinski definition) is 1. The van der Waals surface area contributed by atoms with Crippen LogP contribution in [0.25, 0.3) is 11.1 Å². The van der Waals surface area contributed by atoms with Crippen LogP contribution in [0.2, 0.25) is 0 Å². The third-order valence-electron chi connectivity index (χ3n) is 5.25. The fourth-order valence-electron chi connectivity index (χ4n) is 3.73. The van der Waals surface area contributed by atoms with Crippen molar-refractivity contribution in [3.05, 3.63) is 89.5 Å². The lowest BCUT2D eigenvalue weighted by molar-refractivity contribution is 0.103. The zero-order valence-electron chi connectivity index (χ0n) is 15.8. The topological polar surface area (TPSA) is 56.5 Å². The summed E-state index contributed by atoms with van der Waals surface area (Å²) in [6.45, 7) is 1.69. The lowest BCUT2D eigenvalue weighted by Crippen LogP contribution is -2.42. The molecule has 0 aliphatic carbocycles. The molecule has 0 atom stereocenters. The molecule has 0 fully saturated rings. The predicted octanol–water partition coefficient (Wildman–Crippen LogP) is 5.08. The molecule has 0 spiro atoms. The molecular formula is C24H19N3OS. The zero-order chi connectivity index (χ0) is 19.8. The van der Waals surface area contributed by atoms with Crippen molar-refractivity contribution in [2.75, 3.05) is 13.1 Å². The molecule has 0 amide bonds. The van der Waals surface area contributed by atoms with Crippen LogP contribution in [0.5, 0.6) is 0 Å². The number of ketones is 1. The van der Waals surface area contributed by atoms with E-state index in [-0.39, 0.29) is 5.78 Å². The van der Waals surface area contributed by atoms with Crippen LogP contribution < -0.4 is 0 Å². The van der Waals surface area contributed by atoms with Gasteiger partial charge in [-0.3, -0.25) is 15.2 Å². The lowest BCUT2D eigenvalue weighted by atomic mass is 9.98. The second-order valence-corrected chi connectivity index (χ2v) is 8.13.